The van der Waals surface area contributed by atoms with Gasteiger partial charge in [0.05, 0.1) is 30.2 Å². The van der Waals surface area contributed by atoms with Crippen molar-refractivity contribution in [1.29, 1.82) is 0 Å². The zero-order chi connectivity index (χ0) is 33.3. The number of likely N-dealkylation sites (tertiary alicyclic amines) is 1. The summed E-state index contributed by atoms with van der Waals surface area (Å²) >= 11 is 12.6. The molecule has 48 heavy (non-hydrogen) atoms. The molecule has 2 saturated heterocycles. The zero-order valence-electron chi connectivity index (χ0n) is 27.0. The third-order valence-corrected chi connectivity index (χ3v) is 11.3. The van der Waals surface area contributed by atoms with E-state index in [0.717, 1.165) is 92.0 Å². The normalized spacial score (nSPS) is 17.3. The maximum atomic E-state index is 12.5. The molecule has 4 aromatic rings. The second-order valence-electron chi connectivity index (χ2n) is 13.3. The maximum Gasteiger partial charge on any atom is 0.211 e. The summed E-state index contributed by atoms with van der Waals surface area (Å²) in [6.45, 7) is 8.07. The van der Waals surface area contributed by atoms with Crippen LogP contribution in [-0.2, 0) is 47.4 Å². The Morgan fingerprint density at radius 3 is 2.31 bits per heavy atom. The Morgan fingerprint density at radius 1 is 0.938 bits per heavy atom. The summed E-state index contributed by atoms with van der Waals surface area (Å²) in [5.74, 6) is 6.52. The van der Waals surface area contributed by atoms with Gasteiger partial charge in [-0.2, -0.15) is 9.40 Å². The van der Waals surface area contributed by atoms with Crippen LogP contribution in [0.15, 0.2) is 66.7 Å². The minimum absolute atomic E-state index is 0.308. The largest absolute Gasteiger partial charge is 0.380 e. The van der Waals surface area contributed by atoms with Crippen molar-refractivity contribution < 1.29 is 13.2 Å². The molecule has 1 aromatic heterocycles. The topological polar surface area (TPSA) is 79.7 Å². The van der Waals surface area contributed by atoms with E-state index in [1.54, 1.807) is 4.31 Å². The van der Waals surface area contributed by atoms with Gasteiger partial charge in [0, 0.05) is 90.6 Å². The van der Waals surface area contributed by atoms with Crippen molar-refractivity contribution in [1.82, 2.24) is 24.3 Å². The summed E-state index contributed by atoms with van der Waals surface area (Å²) in [5.41, 5.74) is 8.09. The first-order chi connectivity index (χ1) is 23.1. The van der Waals surface area contributed by atoms with E-state index in [0.29, 0.717) is 35.5 Å². The quantitative estimate of drug-likeness (QED) is 0.217. The minimum atomic E-state index is -3.34. The first-order valence-corrected chi connectivity index (χ1v) is 18.9. The molecule has 11 heteroatoms. The highest BCUT2D eigenvalue weighted by molar-refractivity contribution is 7.88. The Balaban J connectivity index is 1.05. The van der Waals surface area contributed by atoms with E-state index >= 15 is 0 Å². The van der Waals surface area contributed by atoms with Crippen LogP contribution in [0, 0.1) is 17.3 Å². The summed E-state index contributed by atoms with van der Waals surface area (Å²) in [7, 11) is -3.34. The van der Waals surface area contributed by atoms with Crippen LogP contribution in [0.25, 0.3) is 11.3 Å². The Bertz CT molecular complexity index is 1950. The smallest absolute Gasteiger partial charge is 0.211 e. The van der Waals surface area contributed by atoms with E-state index in [1.165, 1.54) is 17.4 Å². The lowest BCUT2D eigenvalue weighted by molar-refractivity contribution is -0.188. The van der Waals surface area contributed by atoms with E-state index in [-0.39, 0.29) is 0 Å². The van der Waals surface area contributed by atoms with Gasteiger partial charge in [-0.05, 0) is 60.5 Å². The number of hydrogen-bond donors (Lipinski definition) is 1. The van der Waals surface area contributed by atoms with Gasteiger partial charge in [0.15, 0.2) is 0 Å². The van der Waals surface area contributed by atoms with Gasteiger partial charge in [0.25, 0.3) is 0 Å². The Labute approximate surface area is 293 Å². The molecule has 0 radical (unpaired) electrons. The summed E-state index contributed by atoms with van der Waals surface area (Å²) < 4.78 is 34.1. The fourth-order valence-corrected chi connectivity index (χ4v) is 7.89. The standard InChI is InChI=1S/C37H39Cl2N5O3S/c1-48(45,46)43-18-15-35-33(22-43)36(41-44(35)17-2-16-42-23-37(24-42)25-47-26-37)31-11-14-34(39)30(19-31)10-7-27-3-5-28(6-4-27)20-40-21-29-8-12-32(38)13-9-29/h3-6,8-9,11-14,19,40H,2,15-18,20-26H2,1H3. The first kappa shape index (κ1) is 33.3. The molecule has 1 N–H and O–H groups in total. The van der Waals surface area contributed by atoms with Crippen LogP contribution in [0.2, 0.25) is 10.0 Å². The third kappa shape index (κ3) is 7.51. The van der Waals surface area contributed by atoms with Crippen molar-refractivity contribution in [2.75, 3.05) is 45.6 Å². The van der Waals surface area contributed by atoms with Gasteiger partial charge in [0.1, 0.15) is 0 Å². The molecule has 0 atom stereocenters. The molecule has 7 rings (SSSR count). The average Bonchev–Trinajstić information content (AvgIpc) is 3.40. The molecule has 8 nitrogen and oxygen atoms in total. The molecule has 0 amide bonds. The second kappa shape index (κ2) is 14.0. The molecule has 3 aliphatic rings. The van der Waals surface area contributed by atoms with Crippen LogP contribution in [-0.4, -0.2) is 73.1 Å². The van der Waals surface area contributed by atoms with Gasteiger partial charge < -0.3 is 15.0 Å². The van der Waals surface area contributed by atoms with Gasteiger partial charge in [-0.25, -0.2) is 8.42 Å². The maximum absolute atomic E-state index is 12.5. The van der Waals surface area contributed by atoms with Gasteiger partial charge in [-0.3, -0.25) is 4.68 Å². The summed E-state index contributed by atoms with van der Waals surface area (Å²) in [6.07, 6.45) is 2.89. The molecule has 3 aliphatic heterocycles. The van der Waals surface area contributed by atoms with E-state index in [4.69, 9.17) is 33.0 Å². The number of halogens is 2. The highest BCUT2D eigenvalue weighted by Crippen LogP contribution is 2.37. The van der Waals surface area contributed by atoms with Gasteiger partial charge in [-0.1, -0.05) is 65.4 Å². The predicted molar refractivity (Wildman–Crippen MR) is 190 cm³/mol. The summed E-state index contributed by atoms with van der Waals surface area (Å²) in [4.78, 5) is 2.49. The van der Waals surface area contributed by atoms with E-state index in [1.807, 2.05) is 54.6 Å². The fourth-order valence-electron chi connectivity index (χ4n) is 6.81. The van der Waals surface area contributed by atoms with Crippen LogP contribution >= 0.6 is 23.2 Å². The van der Waals surface area contributed by atoms with Crippen molar-refractivity contribution in [3.8, 4) is 23.1 Å². The SMILES string of the molecule is CS(=O)(=O)N1CCc2c(c(-c3ccc(Cl)c(C#Cc4ccc(CNCc5ccc(Cl)cc5)cc4)c3)nn2CCCN2CC3(COC3)C2)C1. The first-order valence-electron chi connectivity index (χ1n) is 16.3. The molecule has 0 aliphatic carbocycles. The number of fused-ring (bicyclic) bond motifs is 1. The Hall–Kier alpha value is -3.20. The molecular formula is C37H39Cl2N5O3S. The second-order valence-corrected chi connectivity index (χ2v) is 16.1. The Morgan fingerprint density at radius 2 is 1.65 bits per heavy atom. The molecule has 250 valence electrons. The molecule has 4 heterocycles. The van der Waals surface area contributed by atoms with E-state index in [2.05, 4.69) is 38.9 Å². The molecule has 3 aromatic carbocycles. The zero-order valence-corrected chi connectivity index (χ0v) is 29.3. The monoisotopic (exact) mass is 703 g/mol. The highest BCUT2D eigenvalue weighted by atomic mass is 35.5. The molecule has 1 spiro atoms. The van der Waals surface area contributed by atoms with Crippen LogP contribution in [0.3, 0.4) is 0 Å². The number of benzene rings is 3. The fraction of sp³-hybridized carbons (Fsp3) is 0.378. The predicted octanol–water partition coefficient (Wildman–Crippen LogP) is 5.59. The lowest BCUT2D eigenvalue weighted by atomic mass is 9.78. The number of nitrogens with one attached hydrogen (secondary N) is 1. The number of nitrogens with zero attached hydrogens (tertiary/aromatic N) is 4. The van der Waals surface area contributed by atoms with Gasteiger partial charge in [0.2, 0.25) is 10.0 Å². The molecule has 0 saturated carbocycles. The molecule has 0 bridgehead atoms. The van der Waals surface area contributed by atoms with Crippen molar-refractivity contribution in [2.24, 2.45) is 5.41 Å². The minimum Gasteiger partial charge on any atom is -0.380 e. The highest BCUT2D eigenvalue weighted by Gasteiger charge is 2.48. The van der Waals surface area contributed by atoms with Crippen molar-refractivity contribution in [3.05, 3.63) is 110 Å². The molecular weight excluding hydrogens is 665 g/mol. The van der Waals surface area contributed by atoms with E-state index in [9.17, 15) is 8.42 Å². The average molecular weight is 705 g/mol. The number of sulfonamides is 1. The third-order valence-electron chi connectivity index (χ3n) is 9.45. The number of aromatic nitrogens is 2. The van der Waals surface area contributed by atoms with E-state index < -0.39 is 10.0 Å². The van der Waals surface area contributed by atoms with Crippen molar-refractivity contribution in [3.63, 3.8) is 0 Å². The molecule has 0 unspecified atom stereocenters. The number of aryl methyl sites for hydroxylation is 1. The number of rotatable bonds is 10. The van der Waals surface area contributed by atoms with Gasteiger partial charge >= 0.3 is 0 Å². The lowest BCUT2D eigenvalue weighted by Gasteiger charge is -2.55. The summed E-state index contributed by atoms with van der Waals surface area (Å²) in [6, 6.07) is 21.8. The van der Waals surface area contributed by atoms with Crippen LogP contribution in [0.1, 0.15) is 39.9 Å². The van der Waals surface area contributed by atoms with Crippen LogP contribution in [0.5, 0.6) is 0 Å². The van der Waals surface area contributed by atoms with Crippen LogP contribution < -0.4 is 5.32 Å². The lowest BCUT2D eigenvalue weighted by Crippen LogP contribution is -2.65. The Kier molecular flexibility index (Phi) is 9.69. The molecule has 2 fully saturated rings. The number of ether oxygens (including phenoxy) is 1. The van der Waals surface area contributed by atoms with Crippen molar-refractivity contribution in [2.45, 2.75) is 39.0 Å². The summed E-state index contributed by atoms with van der Waals surface area (Å²) in [5, 5.41) is 9.83. The van der Waals surface area contributed by atoms with Crippen molar-refractivity contribution >= 4 is 33.2 Å². The van der Waals surface area contributed by atoms with Crippen LogP contribution in [0.4, 0.5) is 0 Å². The van der Waals surface area contributed by atoms with Gasteiger partial charge in [-0.15, -0.1) is 0 Å². The number of hydrogen-bond acceptors (Lipinski definition) is 6.